The molecule has 0 aliphatic carbocycles. The fourth-order valence-corrected chi connectivity index (χ4v) is 1.48. The van der Waals surface area contributed by atoms with Crippen LogP contribution < -0.4 is 0 Å². The van der Waals surface area contributed by atoms with Gasteiger partial charge in [-0.25, -0.2) is 0 Å². The Morgan fingerprint density at radius 1 is 1.00 bits per heavy atom. The first-order valence-electron chi connectivity index (χ1n) is 6.03. The van der Waals surface area contributed by atoms with Crippen molar-refractivity contribution >= 4 is 17.9 Å². The van der Waals surface area contributed by atoms with Gasteiger partial charge in [-0.3, -0.25) is 9.59 Å². The molecule has 0 rings (SSSR count). The Balaban J connectivity index is 4.51. The number of rotatable bonds is 5. The van der Waals surface area contributed by atoms with Crippen molar-refractivity contribution in [3.8, 4) is 0 Å². The Kier molecular flexibility index (Phi) is 5.24. The second-order valence-corrected chi connectivity index (χ2v) is 6.57. The molecule has 98 valence electrons. The van der Waals surface area contributed by atoms with E-state index in [-0.39, 0.29) is 18.0 Å². The minimum absolute atomic E-state index is 0.0887. The van der Waals surface area contributed by atoms with Crippen molar-refractivity contribution in [2.75, 3.05) is 0 Å². The smallest absolute Gasteiger partial charge is 0.148 e. The second kappa shape index (κ2) is 5.56. The van der Waals surface area contributed by atoms with E-state index in [1.54, 1.807) is 20.8 Å². The van der Waals surface area contributed by atoms with Crippen LogP contribution in [0.4, 0.5) is 0 Å². The average Bonchev–Trinajstić information content (AvgIpc) is 2.15. The maximum Gasteiger partial charge on any atom is 0.148 e. The van der Waals surface area contributed by atoms with Crippen molar-refractivity contribution < 1.29 is 14.4 Å². The molecule has 3 nitrogen and oxygen atoms in total. The minimum Gasteiger partial charge on any atom is -0.303 e. The molecular formula is C14H24O3. The van der Waals surface area contributed by atoms with E-state index < -0.39 is 16.7 Å². The first-order valence-corrected chi connectivity index (χ1v) is 6.03. The summed E-state index contributed by atoms with van der Waals surface area (Å²) in [5, 5.41) is 0. The summed E-state index contributed by atoms with van der Waals surface area (Å²) in [4.78, 5) is 34.6. The quantitative estimate of drug-likeness (QED) is 0.548. The number of carbonyl (C=O) groups excluding carboxylic acids is 3. The lowest BCUT2D eigenvalue weighted by atomic mass is 9.80. The van der Waals surface area contributed by atoms with Gasteiger partial charge in [0.1, 0.15) is 17.9 Å². The van der Waals surface area contributed by atoms with Gasteiger partial charge in [0, 0.05) is 17.3 Å². The summed E-state index contributed by atoms with van der Waals surface area (Å²) in [5.41, 5.74) is -0.936. The van der Waals surface area contributed by atoms with E-state index in [1.165, 1.54) is 0 Å². The van der Waals surface area contributed by atoms with E-state index in [0.29, 0.717) is 12.7 Å². The van der Waals surface area contributed by atoms with Crippen molar-refractivity contribution in [3.05, 3.63) is 0 Å². The van der Waals surface area contributed by atoms with Crippen LogP contribution >= 0.6 is 0 Å². The molecule has 17 heavy (non-hydrogen) atoms. The lowest BCUT2D eigenvalue weighted by Gasteiger charge is -2.22. The van der Waals surface area contributed by atoms with E-state index >= 15 is 0 Å². The summed E-state index contributed by atoms with van der Waals surface area (Å²) >= 11 is 0. The first-order chi connectivity index (χ1) is 7.50. The zero-order valence-electron chi connectivity index (χ0n) is 11.8. The van der Waals surface area contributed by atoms with Gasteiger partial charge < -0.3 is 4.79 Å². The van der Waals surface area contributed by atoms with Crippen LogP contribution in [-0.4, -0.2) is 17.9 Å². The van der Waals surface area contributed by atoms with Gasteiger partial charge in [-0.05, 0) is 6.42 Å². The highest BCUT2D eigenvalue weighted by molar-refractivity contribution is 5.97. The molecule has 0 fully saturated rings. The van der Waals surface area contributed by atoms with Gasteiger partial charge in [0.15, 0.2) is 0 Å². The lowest BCUT2D eigenvalue weighted by Crippen LogP contribution is -2.30. The first kappa shape index (κ1) is 16.0. The highest BCUT2D eigenvalue weighted by Gasteiger charge is 2.30. The van der Waals surface area contributed by atoms with Gasteiger partial charge >= 0.3 is 0 Å². The predicted molar refractivity (Wildman–Crippen MR) is 67.7 cm³/mol. The molecule has 0 aromatic carbocycles. The maximum atomic E-state index is 11.9. The standard InChI is InChI=1S/C14H24O3/c1-13(2,3)11(16)8-7-10(9-15)12(17)14(4,5)6/h9-10H,7-8H2,1-6H3. The van der Waals surface area contributed by atoms with Crippen LogP contribution in [0.3, 0.4) is 0 Å². The Morgan fingerprint density at radius 3 is 1.76 bits per heavy atom. The van der Waals surface area contributed by atoms with E-state index in [2.05, 4.69) is 0 Å². The molecule has 0 radical (unpaired) electrons. The molecule has 1 unspecified atom stereocenters. The van der Waals surface area contributed by atoms with Crippen LogP contribution in [0.1, 0.15) is 54.4 Å². The van der Waals surface area contributed by atoms with E-state index in [1.807, 2.05) is 20.8 Å². The molecule has 0 heterocycles. The van der Waals surface area contributed by atoms with Crippen LogP contribution in [0.25, 0.3) is 0 Å². The summed E-state index contributed by atoms with van der Waals surface area (Å²) in [7, 11) is 0. The molecular weight excluding hydrogens is 216 g/mol. The van der Waals surface area contributed by atoms with Crippen LogP contribution in [0.2, 0.25) is 0 Å². The highest BCUT2D eigenvalue weighted by atomic mass is 16.1. The fraction of sp³-hybridized carbons (Fsp3) is 0.786. The molecule has 0 amide bonds. The van der Waals surface area contributed by atoms with E-state index in [0.717, 1.165) is 0 Å². The summed E-state index contributed by atoms with van der Waals surface area (Å²) in [6.07, 6.45) is 1.29. The minimum atomic E-state index is -0.652. The lowest BCUT2D eigenvalue weighted by molar-refractivity contribution is -0.134. The summed E-state index contributed by atoms with van der Waals surface area (Å²) in [5.74, 6) is -0.651. The van der Waals surface area contributed by atoms with Crippen LogP contribution in [-0.2, 0) is 14.4 Å². The summed E-state index contributed by atoms with van der Waals surface area (Å²) in [6, 6.07) is 0. The maximum absolute atomic E-state index is 11.9. The number of aldehydes is 1. The fourth-order valence-electron chi connectivity index (χ4n) is 1.48. The summed E-state index contributed by atoms with van der Waals surface area (Å²) in [6.45, 7) is 10.9. The third-order valence-corrected chi connectivity index (χ3v) is 2.76. The van der Waals surface area contributed by atoms with Gasteiger partial charge in [0.25, 0.3) is 0 Å². The molecule has 0 spiro atoms. The molecule has 1 atom stereocenters. The third kappa shape index (κ3) is 5.24. The Labute approximate surface area is 104 Å². The number of ketones is 2. The second-order valence-electron chi connectivity index (χ2n) is 6.57. The Hall–Kier alpha value is -0.990. The third-order valence-electron chi connectivity index (χ3n) is 2.76. The molecule has 0 aliphatic rings. The van der Waals surface area contributed by atoms with Crippen LogP contribution in [0.15, 0.2) is 0 Å². The molecule has 0 aliphatic heterocycles. The molecule has 0 N–H and O–H groups in total. The molecule has 0 saturated carbocycles. The topological polar surface area (TPSA) is 51.2 Å². The van der Waals surface area contributed by atoms with Crippen molar-refractivity contribution in [2.24, 2.45) is 16.7 Å². The number of carbonyl (C=O) groups is 3. The van der Waals surface area contributed by atoms with Gasteiger partial charge in [-0.15, -0.1) is 0 Å². The molecule has 0 saturated heterocycles. The largest absolute Gasteiger partial charge is 0.303 e. The van der Waals surface area contributed by atoms with Gasteiger partial charge in [-0.2, -0.15) is 0 Å². The highest BCUT2D eigenvalue weighted by Crippen LogP contribution is 2.24. The zero-order valence-corrected chi connectivity index (χ0v) is 11.8. The van der Waals surface area contributed by atoms with Crippen molar-refractivity contribution in [2.45, 2.75) is 54.4 Å². The predicted octanol–water partition coefficient (Wildman–Crippen LogP) is 2.81. The van der Waals surface area contributed by atoms with Gasteiger partial charge in [0.05, 0.1) is 5.92 Å². The number of Topliss-reactive ketones (excluding diaryl/α,β-unsaturated/α-hetero) is 2. The Bertz CT molecular complexity index is 302. The Morgan fingerprint density at radius 2 is 1.47 bits per heavy atom. The van der Waals surface area contributed by atoms with Gasteiger partial charge in [-0.1, -0.05) is 41.5 Å². The van der Waals surface area contributed by atoms with Gasteiger partial charge in [0.2, 0.25) is 0 Å². The normalized spacial score (nSPS) is 14.2. The average molecular weight is 240 g/mol. The zero-order chi connectivity index (χ0) is 13.9. The van der Waals surface area contributed by atoms with Crippen molar-refractivity contribution in [1.29, 1.82) is 0 Å². The van der Waals surface area contributed by atoms with Crippen LogP contribution in [0, 0.1) is 16.7 Å². The van der Waals surface area contributed by atoms with E-state index in [4.69, 9.17) is 0 Å². The van der Waals surface area contributed by atoms with Crippen molar-refractivity contribution in [3.63, 3.8) is 0 Å². The SMILES string of the molecule is CC(C)(C)C(=O)CCC(C=O)C(=O)C(C)(C)C. The number of hydrogen-bond donors (Lipinski definition) is 0. The monoisotopic (exact) mass is 240 g/mol. The van der Waals surface area contributed by atoms with Crippen molar-refractivity contribution in [1.82, 2.24) is 0 Å². The molecule has 0 aromatic rings. The molecule has 0 aromatic heterocycles. The number of hydrogen-bond acceptors (Lipinski definition) is 3. The summed E-state index contributed by atoms with van der Waals surface area (Å²) < 4.78 is 0. The van der Waals surface area contributed by atoms with Crippen LogP contribution in [0.5, 0.6) is 0 Å². The van der Waals surface area contributed by atoms with E-state index in [9.17, 15) is 14.4 Å². The molecule has 3 heteroatoms. The molecule has 0 bridgehead atoms.